The van der Waals surface area contributed by atoms with Gasteiger partial charge in [-0.05, 0) is 61.4 Å². The maximum atomic E-state index is 13.4. The number of carbonyl (C=O) groups excluding carboxylic acids is 1. The van der Waals surface area contributed by atoms with Gasteiger partial charge in [0.1, 0.15) is 5.75 Å². The quantitative estimate of drug-likeness (QED) is 0.176. The summed E-state index contributed by atoms with van der Waals surface area (Å²) in [4.78, 5) is 28.8. The van der Waals surface area contributed by atoms with Crippen molar-refractivity contribution in [2.45, 2.75) is 12.8 Å². The van der Waals surface area contributed by atoms with E-state index in [9.17, 15) is 9.90 Å². The van der Waals surface area contributed by atoms with Gasteiger partial charge in [-0.25, -0.2) is 4.98 Å². The van der Waals surface area contributed by atoms with E-state index in [-0.39, 0.29) is 17.1 Å². The number of ketones is 1. The first kappa shape index (κ1) is 30.7. The van der Waals surface area contributed by atoms with Gasteiger partial charge in [0.2, 0.25) is 5.95 Å². The summed E-state index contributed by atoms with van der Waals surface area (Å²) in [6.07, 6.45) is 8.40. The number of hydrogen-bond donors (Lipinski definition) is 1. The van der Waals surface area contributed by atoms with E-state index in [2.05, 4.69) is 88.0 Å². The minimum atomic E-state index is -0.234. The number of nitrogens with zero attached hydrogens (tertiary/aromatic N) is 5. The number of para-hydroxylation sites is 3. The van der Waals surface area contributed by atoms with Gasteiger partial charge >= 0.3 is 0 Å². The summed E-state index contributed by atoms with van der Waals surface area (Å²) in [6, 6.07) is 45.5. The van der Waals surface area contributed by atoms with Crippen LogP contribution in [-0.2, 0) is 0 Å². The Kier molecular flexibility index (Phi) is 7.11. The lowest BCUT2D eigenvalue weighted by Gasteiger charge is -2.14. The van der Waals surface area contributed by atoms with Gasteiger partial charge in [-0.3, -0.25) is 9.36 Å². The smallest absolute Gasteiger partial charge is 0.238 e. The Morgan fingerprint density at radius 3 is 1.89 bits per heavy atom. The van der Waals surface area contributed by atoms with Crippen LogP contribution < -0.4 is 0 Å². The lowest BCUT2D eigenvalue weighted by atomic mass is 10.0. The topological polar surface area (TPSA) is 85.8 Å². The summed E-state index contributed by atoms with van der Waals surface area (Å²) in [5.74, 6) is 1.50. The van der Waals surface area contributed by atoms with Gasteiger partial charge in [-0.1, -0.05) is 109 Å². The number of phenols is 1. The maximum absolute atomic E-state index is 13.4. The molecule has 3 aromatic heterocycles. The van der Waals surface area contributed by atoms with Crippen LogP contribution in [0.3, 0.4) is 0 Å². The van der Waals surface area contributed by atoms with Crippen molar-refractivity contribution in [2.24, 2.45) is 0 Å². The second-order valence-corrected chi connectivity index (χ2v) is 13.2. The molecule has 252 valence electrons. The number of fused-ring (bicyclic) bond motifs is 7. The van der Waals surface area contributed by atoms with E-state index in [0.29, 0.717) is 23.2 Å². The molecule has 53 heavy (non-hydrogen) atoms. The van der Waals surface area contributed by atoms with Gasteiger partial charge in [0.15, 0.2) is 17.4 Å². The largest absolute Gasteiger partial charge is 0.507 e. The molecule has 0 atom stereocenters. The third-order valence-electron chi connectivity index (χ3n) is 10.1. The fourth-order valence-electron chi connectivity index (χ4n) is 7.65. The van der Waals surface area contributed by atoms with Crippen LogP contribution in [0, 0.1) is 0 Å². The van der Waals surface area contributed by atoms with Crippen molar-refractivity contribution in [3.05, 3.63) is 175 Å². The minimum absolute atomic E-state index is 0.0353. The maximum Gasteiger partial charge on any atom is 0.238 e. The van der Waals surface area contributed by atoms with Crippen LogP contribution in [0.5, 0.6) is 5.75 Å². The van der Waals surface area contributed by atoms with Crippen LogP contribution in [0.4, 0.5) is 0 Å². The van der Waals surface area contributed by atoms with E-state index in [4.69, 9.17) is 15.0 Å². The molecule has 9 aromatic rings. The number of aromatic hydroxyl groups is 1. The molecule has 0 amide bonds. The molecule has 0 saturated heterocycles. The number of allylic oxidation sites excluding steroid dienone is 4. The van der Waals surface area contributed by atoms with Crippen molar-refractivity contribution in [3.63, 3.8) is 0 Å². The third-order valence-corrected chi connectivity index (χ3v) is 10.1. The Labute approximate surface area is 304 Å². The van der Waals surface area contributed by atoms with E-state index >= 15 is 0 Å². The average molecular weight is 686 g/mol. The van der Waals surface area contributed by atoms with Crippen molar-refractivity contribution in [1.29, 1.82) is 0 Å². The number of phenolic OH excluding ortho intramolecular Hbond substituents is 1. The molecule has 0 bridgehead atoms. The zero-order chi connectivity index (χ0) is 35.5. The molecule has 1 aliphatic rings. The molecule has 0 radical (unpaired) electrons. The summed E-state index contributed by atoms with van der Waals surface area (Å²) >= 11 is 0. The second kappa shape index (κ2) is 12.3. The predicted octanol–water partition coefficient (Wildman–Crippen LogP) is 10.4. The Hall–Kier alpha value is -7.12. The van der Waals surface area contributed by atoms with Crippen molar-refractivity contribution >= 4 is 55.0 Å². The van der Waals surface area contributed by atoms with E-state index in [0.717, 1.165) is 73.3 Å². The van der Waals surface area contributed by atoms with Crippen LogP contribution in [0.2, 0.25) is 0 Å². The first-order valence-electron chi connectivity index (χ1n) is 17.7. The number of rotatable bonds is 6. The third kappa shape index (κ3) is 4.97. The summed E-state index contributed by atoms with van der Waals surface area (Å²) in [5.41, 5.74) is 7.55. The number of carbonyl (C=O) groups is 1. The lowest BCUT2D eigenvalue weighted by molar-refractivity contribution is 0.103. The summed E-state index contributed by atoms with van der Waals surface area (Å²) in [5, 5.41) is 14.7. The highest BCUT2D eigenvalue weighted by atomic mass is 16.3. The zero-order valence-corrected chi connectivity index (χ0v) is 28.5. The lowest BCUT2D eigenvalue weighted by Crippen LogP contribution is -2.09. The van der Waals surface area contributed by atoms with Crippen molar-refractivity contribution in [2.75, 3.05) is 0 Å². The zero-order valence-electron chi connectivity index (χ0n) is 28.5. The highest BCUT2D eigenvalue weighted by Gasteiger charge is 2.24. The van der Waals surface area contributed by atoms with E-state index in [1.54, 1.807) is 18.2 Å². The van der Waals surface area contributed by atoms with Crippen LogP contribution in [0.15, 0.2) is 158 Å². The predicted molar refractivity (Wildman–Crippen MR) is 212 cm³/mol. The SMILES string of the molecule is O=C(c1ccc(-n2c3ccccc3c3ccc4c5ccccc5n(-c5nc(C6=CCCC=C6)nc(-c6ccccc6)n5)c4c32)cc1)c1ccccc1O. The van der Waals surface area contributed by atoms with Crippen LogP contribution in [0.1, 0.15) is 34.6 Å². The van der Waals surface area contributed by atoms with Crippen LogP contribution in [0.25, 0.3) is 72.2 Å². The van der Waals surface area contributed by atoms with Crippen molar-refractivity contribution in [1.82, 2.24) is 24.1 Å². The fraction of sp³-hybridized carbons (Fsp3) is 0.0435. The number of benzene rings is 6. The monoisotopic (exact) mass is 685 g/mol. The molecule has 1 N–H and O–H groups in total. The first-order chi connectivity index (χ1) is 26.1. The van der Waals surface area contributed by atoms with E-state index < -0.39 is 0 Å². The molecule has 0 aliphatic heterocycles. The van der Waals surface area contributed by atoms with Gasteiger partial charge < -0.3 is 9.67 Å². The Morgan fingerprint density at radius 2 is 1.19 bits per heavy atom. The van der Waals surface area contributed by atoms with Gasteiger partial charge in [-0.2, -0.15) is 9.97 Å². The first-order valence-corrected chi connectivity index (χ1v) is 17.7. The highest BCUT2D eigenvalue weighted by Crippen LogP contribution is 2.41. The molecule has 3 heterocycles. The molecule has 0 spiro atoms. The molecule has 0 unspecified atom stereocenters. The average Bonchev–Trinajstić information content (AvgIpc) is 3.75. The normalized spacial score (nSPS) is 12.9. The molecule has 1 aliphatic carbocycles. The van der Waals surface area contributed by atoms with Gasteiger partial charge in [-0.15, -0.1) is 0 Å². The molecule has 6 aromatic carbocycles. The second-order valence-electron chi connectivity index (χ2n) is 13.2. The van der Waals surface area contributed by atoms with Crippen molar-refractivity contribution < 1.29 is 9.90 Å². The molecule has 0 fully saturated rings. The molecule has 7 heteroatoms. The summed E-state index contributed by atoms with van der Waals surface area (Å²) in [7, 11) is 0. The summed E-state index contributed by atoms with van der Waals surface area (Å²) in [6.45, 7) is 0. The minimum Gasteiger partial charge on any atom is -0.507 e. The molecule has 10 rings (SSSR count). The molecular weight excluding hydrogens is 655 g/mol. The molecular formula is C46H31N5O2. The highest BCUT2D eigenvalue weighted by molar-refractivity contribution is 6.23. The van der Waals surface area contributed by atoms with E-state index in [1.165, 1.54) is 6.07 Å². The van der Waals surface area contributed by atoms with Gasteiger partial charge in [0.05, 0.1) is 27.6 Å². The Balaban J connectivity index is 1.28. The van der Waals surface area contributed by atoms with Crippen LogP contribution >= 0.6 is 0 Å². The number of aromatic nitrogens is 5. The van der Waals surface area contributed by atoms with Gasteiger partial charge in [0, 0.05) is 43.9 Å². The number of hydrogen-bond acceptors (Lipinski definition) is 5. The standard InChI is InChI=1S/C46H31N5O2/c52-40-22-12-9-19-37(40)43(53)29-23-25-32(26-24-29)50-38-20-10-7-17-33(38)35-27-28-36-34-18-8-11-21-39(34)51(42(36)41(35)50)46-48-44(30-13-3-1-4-14-30)47-45(49-46)31-15-5-2-6-16-31/h1,3-5,7-28,52H,2,6H2. The van der Waals surface area contributed by atoms with E-state index in [1.807, 2.05) is 54.6 Å². The Bertz CT molecular complexity index is 2970. The molecule has 7 nitrogen and oxygen atoms in total. The summed E-state index contributed by atoms with van der Waals surface area (Å²) < 4.78 is 4.45. The van der Waals surface area contributed by atoms with Gasteiger partial charge in [0.25, 0.3) is 0 Å². The fourth-order valence-corrected chi connectivity index (χ4v) is 7.65. The Morgan fingerprint density at radius 1 is 0.566 bits per heavy atom. The van der Waals surface area contributed by atoms with Crippen molar-refractivity contribution in [3.8, 4) is 28.8 Å². The van der Waals surface area contributed by atoms with Crippen LogP contribution in [-0.4, -0.2) is 35.0 Å². The molecule has 0 saturated carbocycles.